The van der Waals surface area contributed by atoms with Gasteiger partial charge in [0.05, 0.1) is 23.7 Å². The number of nitrogens with zero attached hydrogens (tertiary/aromatic N) is 1. The predicted octanol–water partition coefficient (Wildman–Crippen LogP) is 2.10. The Morgan fingerprint density at radius 2 is 1.68 bits per heavy atom. The zero-order valence-electron chi connectivity index (χ0n) is 13.3. The number of morpholine rings is 1. The molecule has 1 fully saturated rings. The molecule has 1 aliphatic heterocycles. The predicted molar refractivity (Wildman–Crippen MR) is 90.4 cm³/mol. The number of sulfonamides is 1. The van der Waals surface area contributed by atoms with Crippen LogP contribution in [0.1, 0.15) is 10.4 Å². The van der Waals surface area contributed by atoms with Crippen LogP contribution < -0.4 is 5.32 Å². The summed E-state index contributed by atoms with van der Waals surface area (Å²) in [5, 5.41) is 2.59. The summed E-state index contributed by atoms with van der Waals surface area (Å²) in [7, 11) is -3.80. The van der Waals surface area contributed by atoms with Gasteiger partial charge in [-0.1, -0.05) is 12.1 Å². The van der Waals surface area contributed by atoms with E-state index in [1.165, 1.54) is 40.7 Å². The highest BCUT2D eigenvalue weighted by Crippen LogP contribution is 2.22. The van der Waals surface area contributed by atoms with Crippen LogP contribution in [0.15, 0.2) is 53.4 Å². The summed E-state index contributed by atoms with van der Waals surface area (Å²) in [5.74, 6) is -0.993. The fourth-order valence-electron chi connectivity index (χ4n) is 2.54. The van der Waals surface area contributed by atoms with E-state index in [0.717, 1.165) is 0 Å². The average molecular weight is 364 g/mol. The van der Waals surface area contributed by atoms with Crippen molar-refractivity contribution in [3.8, 4) is 0 Å². The van der Waals surface area contributed by atoms with Gasteiger partial charge in [0.25, 0.3) is 5.91 Å². The van der Waals surface area contributed by atoms with Crippen molar-refractivity contribution in [2.24, 2.45) is 0 Å². The molecule has 1 N–H and O–H groups in total. The van der Waals surface area contributed by atoms with Gasteiger partial charge < -0.3 is 10.1 Å². The van der Waals surface area contributed by atoms with Crippen LogP contribution in [0.4, 0.5) is 10.1 Å². The number of hydrogen-bond donors (Lipinski definition) is 1. The van der Waals surface area contributed by atoms with Crippen molar-refractivity contribution in [3.05, 3.63) is 59.9 Å². The van der Waals surface area contributed by atoms with E-state index in [2.05, 4.69) is 5.32 Å². The van der Waals surface area contributed by atoms with E-state index in [1.54, 1.807) is 12.1 Å². The molecule has 2 aromatic carbocycles. The SMILES string of the molecule is O=C(Nc1ccc(F)cc1)c1ccccc1S(=O)(=O)N1CCOCC1. The number of carbonyl (C=O) groups excluding carboxylic acids is 1. The number of amides is 1. The Morgan fingerprint density at radius 3 is 2.36 bits per heavy atom. The normalized spacial score (nSPS) is 15.7. The van der Waals surface area contributed by atoms with Crippen LogP contribution in [-0.2, 0) is 14.8 Å². The summed E-state index contributed by atoms with van der Waals surface area (Å²) < 4.78 is 45.2. The highest BCUT2D eigenvalue weighted by Gasteiger charge is 2.30. The van der Waals surface area contributed by atoms with E-state index in [-0.39, 0.29) is 23.5 Å². The Bertz CT molecular complexity index is 862. The lowest BCUT2D eigenvalue weighted by atomic mass is 10.2. The third-order valence-corrected chi connectivity index (χ3v) is 5.78. The lowest BCUT2D eigenvalue weighted by molar-refractivity contribution is 0.0730. The van der Waals surface area contributed by atoms with E-state index in [1.807, 2.05) is 0 Å². The van der Waals surface area contributed by atoms with Crippen molar-refractivity contribution in [2.45, 2.75) is 4.90 Å². The van der Waals surface area contributed by atoms with E-state index in [9.17, 15) is 17.6 Å². The molecule has 132 valence electrons. The third kappa shape index (κ3) is 3.87. The molecule has 0 saturated carbocycles. The van der Waals surface area contributed by atoms with Crippen LogP contribution >= 0.6 is 0 Å². The molecular weight excluding hydrogens is 347 g/mol. The minimum absolute atomic E-state index is 0.0401. The van der Waals surface area contributed by atoms with Gasteiger partial charge in [-0.15, -0.1) is 0 Å². The number of rotatable bonds is 4. The Balaban J connectivity index is 1.89. The molecule has 0 aromatic heterocycles. The van der Waals surface area contributed by atoms with Crippen molar-refractivity contribution >= 4 is 21.6 Å². The maximum Gasteiger partial charge on any atom is 0.257 e. The maximum absolute atomic E-state index is 13.0. The first kappa shape index (κ1) is 17.5. The van der Waals surface area contributed by atoms with Gasteiger partial charge in [-0.05, 0) is 36.4 Å². The van der Waals surface area contributed by atoms with Gasteiger partial charge in [-0.3, -0.25) is 4.79 Å². The molecule has 0 spiro atoms. The molecule has 2 aromatic rings. The molecule has 0 aliphatic carbocycles. The number of hydrogen-bond acceptors (Lipinski definition) is 4. The van der Waals surface area contributed by atoms with Gasteiger partial charge in [0.1, 0.15) is 5.82 Å². The molecule has 3 rings (SSSR count). The fourth-order valence-corrected chi connectivity index (χ4v) is 4.13. The van der Waals surface area contributed by atoms with E-state index in [4.69, 9.17) is 4.74 Å². The minimum atomic E-state index is -3.80. The van der Waals surface area contributed by atoms with Gasteiger partial charge in [0, 0.05) is 18.8 Å². The molecule has 1 amide bonds. The molecule has 1 saturated heterocycles. The van der Waals surface area contributed by atoms with Crippen molar-refractivity contribution in [2.75, 3.05) is 31.6 Å². The number of halogens is 1. The van der Waals surface area contributed by atoms with Crippen LogP contribution in [0, 0.1) is 5.82 Å². The van der Waals surface area contributed by atoms with Crippen LogP contribution in [0.25, 0.3) is 0 Å². The summed E-state index contributed by atoms with van der Waals surface area (Å²) in [5.41, 5.74) is 0.420. The van der Waals surface area contributed by atoms with E-state index in [0.29, 0.717) is 18.9 Å². The first-order valence-electron chi connectivity index (χ1n) is 7.72. The first-order valence-corrected chi connectivity index (χ1v) is 9.16. The molecule has 25 heavy (non-hydrogen) atoms. The Morgan fingerprint density at radius 1 is 1.04 bits per heavy atom. The van der Waals surface area contributed by atoms with Gasteiger partial charge in [-0.25, -0.2) is 12.8 Å². The van der Waals surface area contributed by atoms with E-state index < -0.39 is 21.7 Å². The fraction of sp³-hybridized carbons (Fsp3) is 0.235. The second-order valence-corrected chi connectivity index (χ2v) is 7.38. The number of nitrogens with one attached hydrogen (secondary N) is 1. The van der Waals surface area contributed by atoms with Crippen molar-refractivity contribution < 1.29 is 22.3 Å². The van der Waals surface area contributed by atoms with Crippen LogP contribution in [-0.4, -0.2) is 44.9 Å². The lowest BCUT2D eigenvalue weighted by Crippen LogP contribution is -2.41. The number of anilines is 1. The topological polar surface area (TPSA) is 75.7 Å². The van der Waals surface area contributed by atoms with Crippen molar-refractivity contribution in [3.63, 3.8) is 0 Å². The van der Waals surface area contributed by atoms with Gasteiger partial charge >= 0.3 is 0 Å². The molecule has 1 heterocycles. The standard InChI is InChI=1S/C17H17FN2O4S/c18-13-5-7-14(8-6-13)19-17(21)15-3-1-2-4-16(15)25(22,23)20-9-11-24-12-10-20/h1-8H,9-12H2,(H,19,21). The minimum Gasteiger partial charge on any atom is -0.379 e. The molecule has 1 aliphatic rings. The van der Waals surface area contributed by atoms with Crippen molar-refractivity contribution in [1.29, 1.82) is 0 Å². The Kier molecular flexibility index (Phi) is 5.12. The summed E-state index contributed by atoms with van der Waals surface area (Å²) in [6, 6.07) is 11.3. The van der Waals surface area contributed by atoms with Gasteiger partial charge in [-0.2, -0.15) is 4.31 Å². The Hall–Kier alpha value is -2.29. The second kappa shape index (κ2) is 7.30. The van der Waals surface area contributed by atoms with Crippen LogP contribution in [0.5, 0.6) is 0 Å². The Labute approximate surface area is 145 Å². The highest BCUT2D eigenvalue weighted by molar-refractivity contribution is 7.89. The lowest BCUT2D eigenvalue weighted by Gasteiger charge is -2.26. The molecule has 6 nitrogen and oxygen atoms in total. The number of carbonyl (C=O) groups is 1. The first-order chi connectivity index (χ1) is 12.0. The van der Waals surface area contributed by atoms with Crippen LogP contribution in [0.3, 0.4) is 0 Å². The summed E-state index contributed by atoms with van der Waals surface area (Å²) in [6.07, 6.45) is 0. The zero-order valence-corrected chi connectivity index (χ0v) is 14.1. The van der Waals surface area contributed by atoms with Gasteiger partial charge in [0.2, 0.25) is 10.0 Å². The molecular formula is C17H17FN2O4S. The monoisotopic (exact) mass is 364 g/mol. The average Bonchev–Trinajstić information content (AvgIpc) is 2.64. The second-order valence-electron chi connectivity index (χ2n) is 5.47. The zero-order chi connectivity index (χ0) is 17.9. The maximum atomic E-state index is 13.0. The van der Waals surface area contributed by atoms with Crippen molar-refractivity contribution in [1.82, 2.24) is 4.31 Å². The molecule has 8 heteroatoms. The summed E-state index contributed by atoms with van der Waals surface area (Å²) >= 11 is 0. The molecule has 0 radical (unpaired) electrons. The smallest absolute Gasteiger partial charge is 0.257 e. The molecule has 0 atom stereocenters. The van der Waals surface area contributed by atoms with E-state index >= 15 is 0 Å². The molecule has 0 unspecified atom stereocenters. The third-order valence-electron chi connectivity index (χ3n) is 3.82. The van der Waals surface area contributed by atoms with Gasteiger partial charge in [0.15, 0.2) is 0 Å². The number of benzene rings is 2. The van der Waals surface area contributed by atoms with Crippen LogP contribution in [0.2, 0.25) is 0 Å². The summed E-state index contributed by atoms with van der Waals surface area (Å²) in [4.78, 5) is 12.5. The quantitative estimate of drug-likeness (QED) is 0.901. The summed E-state index contributed by atoms with van der Waals surface area (Å²) in [6.45, 7) is 1.14. The largest absolute Gasteiger partial charge is 0.379 e. The molecule has 0 bridgehead atoms. The highest BCUT2D eigenvalue weighted by atomic mass is 32.2. The number of ether oxygens (including phenoxy) is 1.